The third-order valence-corrected chi connectivity index (χ3v) is 4.13. The van der Waals surface area contributed by atoms with Crippen molar-refractivity contribution in [1.82, 2.24) is 15.4 Å². The van der Waals surface area contributed by atoms with E-state index >= 15 is 0 Å². The minimum atomic E-state index is -3.45. The highest BCUT2D eigenvalue weighted by Gasteiger charge is 2.30. The second-order valence-electron chi connectivity index (χ2n) is 3.53. The molecule has 1 aliphatic rings. The van der Waals surface area contributed by atoms with Crippen LogP contribution in [0.5, 0.6) is 0 Å². The zero-order chi connectivity index (χ0) is 12.3. The molecule has 94 valence electrons. The van der Waals surface area contributed by atoms with Gasteiger partial charge in [0.1, 0.15) is 12.1 Å². The number of alkyl halides is 1. The molecule has 1 aromatic rings. The van der Waals surface area contributed by atoms with Crippen molar-refractivity contribution in [2.75, 3.05) is 18.4 Å². The summed E-state index contributed by atoms with van der Waals surface area (Å²) in [4.78, 5) is 10.5. The van der Waals surface area contributed by atoms with Gasteiger partial charge in [-0.2, -0.15) is 5.48 Å². The maximum atomic E-state index is 12.0. The van der Waals surface area contributed by atoms with Crippen LogP contribution in [0.1, 0.15) is 0 Å². The van der Waals surface area contributed by atoms with Crippen LogP contribution in [0, 0.1) is 0 Å². The smallest absolute Gasteiger partial charge is 0.208 e. The van der Waals surface area contributed by atoms with Crippen LogP contribution < -0.4 is 5.48 Å². The predicted molar refractivity (Wildman–Crippen MR) is 61.7 cm³/mol. The van der Waals surface area contributed by atoms with Crippen molar-refractivity contribution in [2.24, 2.45) is 0 Å². The first kappa shape index (κ1) is 12.7. The molecule has 1 N–H and O–H groups in total. The van der Waals surface area contributed by atoms with Gasteiger partial charge in [-0.15, -0.1) is 11.6 Å². The number of nitrogens with zero attached hydrogens (tertiary/aromatic N) is 2. The van der Waals surface area contributed by atoms with Gasteiger partial charge < -0.3 is 0 Å². The SMILES string of the molecule is O=S(=O)(CN1CNOC1CCl)c1ccccn1. The zero-order valence-corrected chi connectivity index (χ0v) is 10.5. The first-order valence-electron chi connectivity index (χ1n) is 4.96. The molecular weight excluding hydrogens is 266 g/mol. The number of pyridine rings is 1. The topological polar surface area (TPSA) is 71.5 Å². The Morgan fingerprint density at radius 3 is 3.06 bits per heavy atom. The molecule has 1 atom stereocenters. The summed E-state index contributed by atoms with van der Waals surface area (Å²) in [6.45, 7) is 0.323. The molecule has 0 bridgehead atoms. The second kappa shape index (κ2) is 5.28. The first-order valence-corrected chi connectivity index (χ1v) is 7.14. The maximum Gasteiger partial charge on any atom is 0.208 e. The molecule has 1 saturated heterocycles. The van der Waals surface area contributed by atoms with Crippen LogP contribution in [0.3, 0.4) is 0 Å². The highest BCUT2D eigenvalue weighted by Crippen LogP contribution is 2.14. The minimum absolute atomic E-state index is 0.0558. The fraction of sp³-hybridized carbons (Fsp3) is 0.444. The highest BCUT2D eigenvalue weighted by molar-refractivity contribution is 7.91. The Hall–Kier alpha value is -0.730. The third-order valence-electron chi connectivity index (χ3n) is 2.32. The summed E-state index contributed by atoms with van der Waals surface area (Å²) < 4.78 is 24.0. The Balaban J connectivity index is 2.13. The summed E-state index contributed by atoms with van der Waals surface area (Å²) >= 11 is 5.66. The molecule has 2 heterocycles. The number of aromatic nitrogens is 1. The van der Waals surface area contributed by atoms with Crippen LogP contribution in [0.25, 0.3) is 0 Å². The monoisotopic (exact) mass is 277 g/mol. The lowest BCUT2D eigenvalue weighted by molar-refractivity contribution is 0.0112. The summed E-state index contributed by atoms with van der Waals surface area (Å²) in [6, 6.07) is 4.77. The van der Waals surface area contributed by atoms with Gasteiger partial charge in [-0.25, -0.2) is 18.3 Å². The van der Waals surface area contributed by atoms with Crippen LogP contribution in [-0.4, -0.2) is 43.0 Å². The van der Waals surface area contributed by atoms with Crippen LogP contribution in [0.4, 0.5) is 0 Å². The van der Waals surface area contributed by atoms with Crippen molar-refractivity contribution >= 4 is 21.4 Å². The molecule has 0 spiro atoms. The van der Waals surface area contributed by atoms with E-state index in [0.29, 0.717) is 6.67 Å². The summed E-state index contributed by atoms with van der Waals surface area (Å²) in [5.74, 6) is 0.0269. The maximum absolute atomic E-state index is 12.0. The Labute approximate surface area is 104 Å². The molecule has 1 aromatic heterocycles. The molecule has 1 aliphatic heterocycles. The van der Waals surface area contributed by atoms with Gasteiger partial charge in [0.15, 0.2) is 5.03 Å². The summed E-state index contributed by atoms with van der Waals surface area (Å²) in [5, 5.41) is 0.0558. The van der Waals surface area contributed by atoms with Gasteiger partial charge in [-0.3, -0.25) is 4.84 Å². The molecular formula is C9H12ClN3O3S. The van der Waals surface area contributed by atoms with Gasteiger partial charge in [-0.05, 0) is 12.1 Å². The van der Waals surface area contributed by atoms with Crippen LogP contribution in [-0.2, 0) is 14.7 Å². The Bertz CT molecular complexity index is 468. The summed E-state index contributed by atoms with van der Waals surface area (Å²) in [6.07, 6.45) is 1.01. The second-order valence-corrected chi connectivity index (χ2v) is 5.74. The Morgan fingerprint density at radius 2 is 2.41 bits per heavy atom. The van der Waals surface area contributed by atoms with E-state index < -0.39 is 16.1 Å². The third kappa shape index (κ3) is 2.93. The van der Waals surface area contributed by atoms with Crippen molar-refractivity contribution < 1.29 is 13.3 Å². The molecule has 1 unspecified atom stereocenters. The summed E-state index contributed by atoms with van der Waals surface area (Å²) in [7, 11) is -3.45. The number of nitrogens with one attached hydrogen (secondary N) is 1. The van der Waals surface area contributed by atoms with E-state index in [-0.39, 0.29) is 16.8 Å². The normalized spacial score (nSPS) is 21.8. The predicted octanol–water partition coefficient (Wildman–Crippen LogP) is 0.172. The molecule has 0 radical (unpaired) electrons. The fourth-order valence-corrected chi connectivity index (χ4v) is 3.06. The van der Waals surface area contributed by atoms with Crippen molar-refractivity contribution in [1.29, 1.82) is 0 Å². The number of hydroxylamine groups is 1. The van der Waals surface area contributed by atoms with Gasteiger partial charge in [0.25, 0.3) is 0 Å². The largest absolute Gasteiger partial charge is 0.280 e. The zero-order valence-electron chi connectivity index (χ0n) is 8.91. The molecule has 8 heteroatoms. The quantitative estimate of drug-likeness (QED) is 0.791. The highest BCUT2D eigenvalue weighted by atomic mass is 35.5. The first-order chi connectivity index (χ1) is 8.13. The van der Waals surface area contributed by atoms with E-state index in [1.54, 1.807) is 17.0 Å². The standard InChI is InChI=1S/C9H12ClN3O3S/c10-5-9-13(6-12-16-9)7-17(14,15)8-3-1-2-4-11-8/h1-4,9,12H,5-7H2. The van der Waals surface area contributed by atoms with Crippen LogP contribution >= 0.6 is 11.6 Å². The van der Waals surface area contributed by atoms with E-state index in [1.807, 2.05) is 0 Å². The molecule has 0 aromatic carbocycles. The number of halogens is 1. The fourth-order valence-electron chi connectivity index (χ4n) is 1.47. The average molecular weight is 278 g/mol. The van der Waals surface area contributed by atoms with Gasteiger partial charge in [0.2, 0.25) is 9.84 Å². The van der Waals surface area contributed by atoms with E-state index in [2.05, 4.69) is 10.5 Å². The Morgan fingerprint density at radius 1 is 1.59 bits per heavy atom. The molecule has 0 amide bonds. The van der Waals surface area contributed by atoms with E-state index in [0.717, 1.165) is 0 Å². The lowest BCUT2D eigenvalue weighted by Crippen LogP contribution is -2.36. The van der Waals surface area contributed by atoms with Gasteiger partial charge in [0.05, 0.1) is 12.5 Å². The van der Waals surface area contributed by atoms with Crippen molar-refractivity contribution in [3.05, 3.63) is 24.4 Å². The number of hydrogen-bond acceptors (Lipinski definition) is 6. The van der Waals surface area contributed by atoms with Crippen molar-refractivity contribution in [2.45, 2.75) is 11.3 Å². The molecule has 0 saturated carbocycles. The van der Waals surface area contributed by atoms with E-state index in [9.17, 15) is 8.42 Å². The number of sulfone groups is 1. The lowest BCUT2D eigenvalue weighted by Gasteiger charge is -2.18. The van der Waals surface area contributed by atoms with Crippen LogP contribution in [0.15, 0.2) is 29.4 Å². The van der Waals surface area contributed by atoms with Crippen molar-refractivity contribution in [3.63, 3.8) is 0 Å². The number of hydrogen-bond donors (Lipinski definition) is 1. The van der Waals surface area contributed by atoms with E-state index in [4.69, 9.17) is 16.4 Å². The van der Waals surface area contributed by atoms with Crippen LogP contribution in [0.2, 0.25) is 0 Å². The summed E-state index contributed by atoms with van der Waals surface area (Å²) in [5.41, 5.74) is 2.60. The Kier molecular flexibility index (Phi) is 3.95. The minimum Gasteiger partial charge on any atom is -0.280 e. The molecule has 17 heavy (non-hydrogen) atoms. The number of rotatable bonds is 4. The van der Waals surface area contributed by atoms with Gasteiger partial charge >= 0.3 is 0 Å². The molecule has 2 rings (SSSR count). The average Bonchev–Trinajstić information content (AvgIpc) is 2.77. The van der Waals surface area contributed by atoms with E-state index in [1.165, 1.54) is 12.3 Å². The molecule has 6 nitrogen and oxygen atoms in total. The molecule has 1 fully saturated rings. The van der Waals surface area contributed by atoms with Gasteiger partial charge in [-0.1, -0.05) is 6.07 Å². The van der Waals surface area contributed by atoms with Crippen molar-refractivity contribution in [3.8, 4) is 0 Å². The van der Waals surface area contributed by atoms with Gasteiger partial charge in [0, 0.05) is 6.20 Å². The molecule has 0 aliphatic carbocycles. The lowest BCUT2D eigenvalue weighted by atomic mass is 10.5.